The van der Waals surface area contributed by atoms with E-state index in [-0.39, 0.29) is 12.3 Å². The van der Waals surface area contributed by atoms with Crippen LogP contribution < -0.4 is 25.0 Å². The van der Waals surface area contributed by atoms with Crippen LogP contribution in [0.15, 0.2) is 68.6 Å². The van der Waals surface area contributed by atoms with Crippen molar-refractivity contribution in [2.45, 2.75) is 0 Å². The fourth-order valence-electron chi connectivity index (χ4n) is 3.01. The zero-order valence-corrected chi connectivity index (χ0v) is 24.8. The number of nitrogens with zero attached hydrogens (tertiary/aromatic N) is 1. The van der Waals surface area contributed by atoms with Gasteiger partial charge in [0.1, 0.15) is 0 Å². The molecule has 3 aromatic rings. The first-order valence-corrected chi connectivity index (χ1v) is 13.2. The lowest BCUT2D eigenvalue weighted by molar-refractivity contribution is -0.120. The molecule has 0 aliphatic heterocycles. The van der Waals surface area contributed by atoms with Gasteiger partial charge in [0.2, 0.25) is 0 Å². The van der Waals surface area contributed by atoms with Crippen LogP contribution in [0.25, 0.3) is 0 Å². The summed E-state index contributed by atoms with van der Waals surface area (Å²) in [6.45, 7) is -0.318. The Morgan fingerprint density at radius 2 is 1.73 bits per heavy atom. The van der Waals surface area contributed by atoms with E-state index < -0.39 is 17.8 Å². The molecule has 0 saturated heterocycles. The van der Waals surface area contributed by atoms with Gasteiger partial charge in [0.15, 0.2) is 17.2 Å². The van der Waals surface area contributed by atoms with Crippen molar-refractivity contribution in [3.63, 3.8) is 0 Å². The van der Waals surface area contributed by atoms with Crippen molar-refractivity contribution in [2.24, 2.45) is 5.10 Å². The predicted octanol–water partition coefficient (Wildman–Crippen LogP) is 4.93. The summed E-state index contributed by atoms with van der Waals surface area (Å²) >= 11 is 8.84. The molecule has 0 spiro atoms. The summed E-state index contributed by atoms with van der Waals surface area (Å²) in [5, 5.41) is 6.44. The molecule has 2 N–H and O–H groups in total. The first-order chi connectivity index (χ1) is 17.7. The van der Waals surface area contributed by atoms with Gasteiger partial charge in [0.25, 0.3) is 11.8 Å². The number of benzene rings is 3. The monoisotopic (exact) mass is 743 g/mol. The molecule has 0 fully saturated rings. The van der Waals surface area contributed by atoms with Gasteiger partial charge in [0, 0.05) is 19.2 Å². The van der Waals surface area contributed by atoms with E-state index in [4.69, 9.17) is 14.2 Å². The number of amides is 2. The van der Waals surface area contributed by atoms with Crippen LogP contribution in [-0.2, 0) is 4.79 Å². The number of hydrazone groups is 1. The molecule has 0 unspecified atom stereocenters. The van der Waals surface area contributed by atoms with Crippen molar-refractivity contribution < 1.29 is 28.6 Å². The molecule has 3 aromatic carbocycles. The topological polar surface area (TPSA) is 115 Å². The average Bonchev–Trinajstić information content (AvgIpc) is 2.88. The molecular weight excluding hydrogens is 725 g/mol. The number of rotatable bonds is 9. The number of carbonyl (C=O) groups excluding carboxylic acids is 3. The number of esters is 1. The predicted molar refractivity (Wildman–Crippen MR) is 154 cm³/mol. The lowest BCUT2D eigenvalue weighted by atomic mass is 10.2. The number of carbonyl (C=O) groups is 3. The molecular formula is C25H20Br2IN3O6. The Morgan fingerprint density at radius 3 is 2.43 bits per heavy atom. The minimum Gasteiger partial charge on any atom is -0.493 e. The second-order valence-electron chi connectivity index (χ2n) is 7.22. The number of nitrogens with one attached hydrogen (secondary N) is 2. The molecule has 0 saturated carbocycles. The fraction of sp³-hybridized carbons (Fsp3) is 0.120. The van der Waals surface area contributed by atoms with Crippen molar-refractivity contribution >= 4 is 78.4 Å². The third-order valence-electron chi connectivity index (χ3n) is 4.77. The number of hydrogen-bond donors (Lipinski definition) is 2. The first kappa shape index (κ1) is 28.6. The summed E-state index contributed by atoms with van der Waals surface area (Å²) in [5.74, 6) is -0.466. The molecule has 37 heavy (non-hydrogen) atoms. The lowest BCUT2D eigenvalue weighted by Gasteiger charge is -2.11. The summed E-state index contributed by atoms with van der Waals surface area (Å²) in [6, 6.07) is 15.1. The molecule has 0 bridgehead atoms. The highest BCUT2D eigenvalue weighted by Crippen LogP contribution is 2.33. The van der Waals surface area contributed by atoms with Gasteiger partial charge >= 0.3 is 5.97 Å². The summed E-state index contributed by atoms with van der Waals surface area (Å²) in [7, 11) is 2.95. The van der Waals surface area contributed by atoms with Gasteiger partial charge in [-0.3, -0.25) is 9.59 Å². The van der Waals surface area contributed by atoms with Crippen LogP contribution in [0.3, 0.4) is 0 Å². The van der Waals surface area contributed by atoms with Crippen LogP contribution >= 0.6 is 54.5 Å². The third-order valence-corrected chi connectivity index (χ3v) is 6.76. The van der Waals surface area contributed by atoms with E-state index in [0.29, 0.717) is 37.1 Å². The zero-order chi connectivity index (χ0) is 26.9. The Labute approximate surface area is 243 Å². The molecule has 0 aliphatic rings. The smallest absolute Gasteiger partial charge is 0.344 e. The Morgan fingerprint density at radius 1 is 1.00 bits per heavy atom. The van der Waals surface area contributed by atoms with Crippen molar-refractivity contribution in [2.75, 3.05) is 20.8 Å². The summed E-state index contributed by atoms with van der Waals surface area (Å²) in [4.78, 5) is 37.3. The van der Waals surface area contributed by atoms with Crippen LogP contribution in [0.5, 0.6) is 17.2 Å². The fourth-order valence-corrected chi connectivity index (χ4v) is 4.96. The van der Waals surface area contributed by atoms with E-state index in [1.807, 2.05) is 6.07 Å². The van der Waals surface area contributed by atoms with E-state index in [2.05, 4.69) is 70.3 Å². The number of hydrogen-bond acceptors (Lipinski definition) is 7. The van der Waals surface area contributed by atoms with Gasteiger partial charge < -0.3 is 19.5 Å². The molecule has 0 atom stereocenters. The summed E-state index contributed by atoms with van der Waals surface area (Å²) in [5.41, 5.74) is 3.48. The van der Waals surface area contributed by atoms with Crippen LogP contribution in [0.2, 0.25) is 0 Å². The Hall–Kier alpha value is -2.97. The van der Waals surface area contributed by atoms with Gasteiger partial charge in [0.05, 0.1) is 37.0 Å². The van der Waals surface area contributed by atoms with E-state index >= 15 is 0 Å². The molecule has 2 amide bonds. The summed E-state index contributed by atoms with van der Waals surface area (Å²) in [6.07, 6.45) is 1.34. The molecule has 12 heteroatoms. The highest BCUT2D eigenvalue weighted by Gasteiger charge is 2.17. The average molecular weight is 745 g/mol. The molecule has 0 heterocycles. The van der Waals surface area contributed by atoms with Crippen LogP contribution in [0, 0.1) is 3.57 Å². The molecule has 0 aromatic heterocycles. The second-order valence-corrected chi connectivity index (χ2v) is 10.2. The maximum absolute atomic E-state index is 12.7. The normalized spacial score (nSPS) is 10.6. The van der Waals surface area contributed by atoms with E-state index in [1.165, 1.54) is 26.5 Å². The van der Waals surface area contributed by atoms with Gasteiger partial charge in [-0.15, -0.1) is 0 Å². The molecule has 0 aliphatic carbocycles. The third kappa shape index (κ3) is 7.76. The van der Waals surface area contributed by atoms with Gasteiger partial charge in [-0.1, -0.05) is 28.1 Å². The highest BCUT2D eigenvalue weighted by atomic mass is 127. The number of methoxy groups -OCH3 is 2. The van der Waals surface area contributed by atoms with Crippen molar-refractivity contribution in [1.82, 2.24) is 10.7 Å². The van der Waals surface area contributed by atoms with Crippen LogP contribution in [0.1, 0.15) is 26.3 Å². The van der Waals surface area contributed by atoms with Crippen molar-refractivity contribution in [1.29, 1.82) is 0 Å². The summed E-state index contributed by atoms with van der Waals surface area (Å²) < 4.78 is 17.9. The Balaban J connectivity index is 1.64. The molecule has 192 valence electrons. The van der Waals surface area contributed by atoms with Gasteiger partial charge in [-0.2, -0.15) is 5.10 Å². The van der Waals surface area contributed by atoms with E-state index in [9.17, 15) is 14.4 Å². The quantitative estimate of drug-likeness (QED) is 0.106. The maximum atomic E-state index is 12.7. The van der Waals surface area contributed by atoms with E-state index in [0.717, 1.165) is 3.57 Å². The molecule has 3 rings (SSSR count). The molecule has 0 radical (unpaired) electrons. The van der Waals surface area contributed by atoms with Gasteiger partial charge in [-0.05, 0) is 81.0 Å². The Bertz CT molecular complexity index is 1370. The van der Waals surface area contributed by atoms with Crippen LogP contribution in [-0.4, -0.2) is 44.8 Å². The lowest BCUT2D eigenvalue weighted by Crippen LogP contribution is -2.34. The molecule has 9 nitrogen and oxygen atoms in total. The maximum Gasteiger partial charge on any atom is 0.344 e. The van der Waals surface area contributed by atoms with Crippen molar-refractivity contribution in [3.8, 4) is 17.2 Å². The first-order valence-electron chi connectivity index (χ1n) is 10.5. The minimum absolute atomic E-state index is 0.229. The second kappa shape index (κ2) is 13.5. The van der Waals surface area contributed by atoms with Crippen molar-refractivity contribution in [3.05, 3.63) is 83.8 Å². The van der Waals surface area contributed by atoms with E-state index in [1.54, 1.807) is 42.5 Å². The SMILES string of the molecule is COc1ccc(C(=O)NCC(=O)NN=Cc2cc(Br)cc(Br)c2OC(=O)c2ccccc2I)cc1OC. The largest absolute Gasteiger partial charge is 0.493 e. The highest BCUT2D eigenvalue weighted by molar-refractivity contribution is 14.1. The van der Waals surface area contributed by atoms with Crippen LogP contribution in [0.4, 0.5) is 0 Å². The Kier molecular flexibility index (Phi) is 10.5. The minimum atomic E-state index is -0.559. The standard InChI is InChI=1S/C25H20Br2IN3O6/c1-35-20-8-7-14(10-21(20)36-2)24(33)29-13-22(32)31-30-12-15-9-16(26)11-18(27)23(15)37-25(34)17-5-3-4-6-19(17)28/h3-12H,13H2,1-2H3,(H,29,33)(H,31,32). The zero-order valence-electron chi connectivity index (χ0n) is 19.5. The number of halogens is 3. The van der Waals surface area contributed by atoms with Gasteiger partial charge in [-0.25, -0.2) is 10.2 Å². The number of ether oxygens (including phenoxy) is 3.